The number of carbonyl (C=O) groups is 1. The predicted octanol–water partition coefficient (Wildman–Crippen LogP) is 2.77. The first-order valence-corrected chi connectivity index (χ1v) is 10.4. The number of carbonyl (C=O) groups excluding carboxylic acids is 1. The zero-order valence-corrected chi connectivity index (χ0v) is 20.0. The highest BCUT2D eigenvalue weighted by molar-refractivity contribution is 14.0. The van der Waals surface area contributed by atoms with Crippen LogP contribution in [0.3, 0.4) is 0 Å². The number of benzene rings is 1. The Balaban J connectivity index is 0.00000272. The van der Waals surface area contributed by atoms with Crippen molar-refractivity contribution < 1.29 is 4.79 Å². The fourth-order valence-corrected chi connectivity index (χ4v) is 3.64. The molecule has 0 aliphatic carbocycles. The minimum atomic E-state index is 0. The van der Waals surface area contributed by atoms with Crippen molar-refractivity contribution >= 4 is 47.2 Å². The summed E-state index contributed by atoms with van der Waals surface area (Å²) in [7, 11) is 1.77. The molecule has 0 atom stereocenters. The minimum absolute atomic E-state index is 0. The van der Waals surface area contributed by atoms with E-state index < -0.39 is 0 Å². The van der Waals surface area contributed by atoms with Gasteiger partial charge in [-0.1, -0.05) is 18.2 Å². The second kappa shape index (κ2) is 11.1. The highest BCUT2D eigenvalue weighted by Gasteiger charge is 2.21. The molecular weight excluding hydrogens is 505 g/mol. The van der Waals surface area contributed by atoms with Crippen LogP contribution in [0.15, 0.2) is 53.7 Å². The zero-order chi connectivity index (χ0) is 20.8. The average Bonchev–Trinajstić information content (AvgIpc) is 3.40. The summed E-state index contributed by atoms with van der Waals surface area (Å²) in [5.41, 5.74) is 2.99. The van der Waals surface area contributed by atoms with Crippen LogP contribution < -0.4 is 15.5 Å². The normalized spacial score (nSPS) is 14.0. The first-order chi connectivity index (χ1) is 14.7. The second-order valence-corrected chi connectivity index (χ2v) is 7.32. The van der Waals surface area contributed by atoms with Crippen LogP contribution in [0.1, 0.15) is 30.7 Å². The van der Waals surface area contributed by atoms with Gasteiger partial charge in [0, 0.05) is 51.4 Å². The fraction of sp³-hybridized carbons (Fsp3) is 0.364. The van der Waals surface area contributed by atoms with Crippen LogP contribution in [-0.4, -0.2) is 46.6 Å². The Morgan fingerprint density at radius 3 is 2.71 bits per heavy atom. The fourth-order valence-electron chi connectivity index (χ4n) is 3.64. The van der Waals surface area contributed by atoms with E-state index in [0.717, 1.165) is 61.0 Å². The summed E-state index contributed by atoms with van der Waals surface area (Å²) in [6.07, 6.45) is 5.35. The second-order valence-electron chi connectivity index (χ2n) is 7.32. The molecule has 0 saturated carbocycles. The van der Waals surface area contributed by atoms with Crippen LogP contribution in [0, 0.1) is 0 Å². The topological polar surface area (TPSA) is 86.9 Å². The lowest BCUT2D eigenvalue weighted by molar-refractivity contribution is -0.117. The number of nitrogens with one attached hydrogen (secondary N) is 2. The van der Waals surface area contributed by atoms with E-state index in [2.05, 4.69) is 38.0 Å². The Kier molecular flexibility index (Phi) is 8.21. The summed E-state index contributed by atoms with van der Waals surface area (Å²) in [6, 6.07) is 14.0. The third kappa shape index (κ3) is 5.72. The summed E-state index contributed by atoms with van der Waals surface area (Å²) in [6.45, 7) is 2.28. The number of amides is 1. The van der Waals surface area contributed by atoms with Crippen molar-refractivity contribution in [2.75, 3.05) is 25.0 Å². The number of anilines is 1. The molecular formula is C22H28IN7O. The molecule has 164 valence electrons. The molecule has 31 heavy (non-hydrogen) atoms. The van der Waals surface area contributed by atoms with E-state index in [1.54, 1.807) is 7.05 Å². The first kappa shape index (κ1) is 23.0. The minimum Gasteiger partial charge on any atom is -0.356 e. The smallest absolute Gasteiger partial charge is 0.227 e. The first-order valence-electron chi connectivity index (χ1n) is 10.4. The molecule has 1 amide bonds. The third-order valence-electron chi connectivity index (χ3n) is 5.26. The molecule has 1 aromatic carbocycles. The summed E-state index contributed by atoms with van der Waals surface area (Å²) in [5.74, 6) is 1.94. The van der Waals surface area contributed by atoms with Crippen molar-refractivity contribution in [1.29, 1.82) is 0 Å². The van der Waals surface area contributed by atoms with Crippen molar-refractivity contribution in [3.63, 3.8) is 0 Å². The van der Waals surface area contributed by atoms with Crippen LogP contribution >= 0.6 is 24.0 Å². The average molecular weight is 533 g/mol. The molecule has 1 aliphatic heterocycles. The van der Waals surface area contributed by atoms with Crippen LogP contribution in [-0.2, 0) is 17.8 Å². The molecule has 0 bridgehead atoms. The maximum Gasteiger partial charge on any atom is 0.227 e. The molecule has 0 radical (unpaired) electrons. The number of pyridine rings is 1. The zero-order valence-electron chi connectivity index (χ0n) is 17.6. The highest BCUT2D eigenvalue weighted by atomic mass is 127. The number of hydrogen-bond donors (Lipinski definition) is 2. The van der Waals surface area contributed by atoms with Gasteiger partial charge in [-0.2, -0.15) is 0 Å². The number of rotatable bonds is 7. The summed E-state index contributed by atoms with van der Waals surface area (Å²) >= 11 is 0. The van der Waals surface area contributed by atoms with Gasteiger partial charge in [0.25, 0.3) is 0 Å². The van der Waals surface area contributed by atoms with Gasteiger partial charge in [-0.25, -0.2) is 0 Å². The number of hydrogen-bond acceptors (Lipinski definition) is 4. The van der Waals surface area contributed by atoms with Crippen LogP contribution in [0.2, 0.25) is 0 Å². The van der Waals surface area contributed by atoms with Gasteiger partial charge in [-0.15, -0.1) is 34.2 Å². The van der Waals surface area contributed by atoms with E-state index in [9.17, 15) is 4.79 Å². The van der Waals surface area contributed by atoms with Crippen molar-refractivity contribution in [1.82, 2.24) is 25.2 Å². The molecule has 8 nitrogen and oxygen atoms in total. The Hall–Kier alpha value is -2.69. The maximum atomic E-state index is 11.9. The Morgan fingerprint density at radius 2 is 1.97 bits per heavy atom. The molecule has 3 aromatic rings. The summed E-state index contributed by atoms with van der Waals surface area (Å²) < 4.78 is 2.02. The van der Waals surface area contributed by atoms with Crippen molar-refractivity contribution in [3.05, 3.63) is 60.0 Å². The molecule has 1 saturated heterocycles. The van der Waals surface area contributed by atoms with Gasteiger partial charge in [-0.3, -0.25) is 14.2 Å². The molecule has 4 rings (SSSR count). The monoisotopic (exact) mass is 533 g/mol. The summed E-state index contributed by atoms with van der Waals surface area (Å²) in [5, 5.41) is 15.1. The van der Waals surface area contributed by atoms with Gasteiger partial charge >= 0.3 is 0 Å². The molecule has 1 fully saturated rings. The van der Waals surface area contributed by atoms with Gasteiger partial charge in [0.05, 0.1) is 0 Å². The van der Waals surface area contributed by atoms with Gasteiger partial charge < -0.3 is 15.5 Å². The molecule has 1 aliphatic rings. The van der Waals surface area contributed by atoms with Gasteiger partial charge in [-0.05, 0) is 42.7 Å². The van der Waals surface area contributed by atoms with E-state index in [-0.39, 0.29) is 29.9 Å². The van der Waals surface area contributed by atoms with Crippen molar-refractivity contribution in [2.45, 2.75) is 32.2 Å². The predicted molar refractivity (Wildman–Crippen MR) is 133 cm³/mol. The van der Waals surface area contributed by atoms with Gasteiger partial charge in [0.15, 0.2) is 11.6 Å². The van der Waals surface area contributed by atoms with Crippen molar-refractivity contribution in [3.8, 4) is 0 Å². The number of aromatic nitrogens is 3. The lowest BCUT2D eigenvalue weighted by atomic mass is 10.2. The Morgan fingerprint density at radius 1 is 1.13 bits per heavy atom. The lowest BCUT2D eigenvalue weighted by Crippen LogP contribution is -2.37. The van der Waals surface area contributed by atoms with E-state index in [1.165, 1.54) is 0 Å². The number of aliphatic imine (C=N–C) groups is 1. The molecule has 0 spiro atoms. The number of nitrogens with zero attached hydrogens (tertiary/aromatic N) is 5. The Bertz CT molecular complexity index is 1030. The van der Waals surface area contributed by atoms with Crippen LogP contribution in [0.4, 0.5) is 5.69 Å². The van der Waals surface area contributed by atoms with E-state index in [1.807, 2.05) is 45.8 Å². The Labute approximate surface area is 199 Å². The number of guanidine groups is 1. The number of halogens is 1. The van der Waals surface area contributed by atoms with E-state index in [0.29, 0.717) is 13.0 Å². The SMILES string of the molecule is CN=C(NCCCc1nnc2ccccn12)NCc1ccc(N2CCCC2=O)cc1.I. The lowest BCUT2D eigenvalue weighted by Gasteiger charge is -2.16. The number of aryl methyl sites for hydroxylation is 1. The molecule has 2 N–H and O–H groups in total. The molecule has 3 heterocycles. The number of fused-ring (bicyclic) bond motifs is 1. The molecule has 2 aromatic heterocycles. The van der Waals surface area contributed by atoms with Crippen molar-refractivity contribution in [2.24, 2.45) is 4.99 Å². The standard InChI is InChI=1S/C22H27N7O.HI/c1-23-22(24-13-4-7-20-27-26-19-6-2-3-14-29(19)20)25-16-17-9-11-18(12-10-17)28-15-5-8-21(28)30;/h2-3,6,9-12,14H,4-5,7-8,13,15-16H2,1H3,(H2,23,24,25);1H. The maximum absolute atomic E-state index is 11.9. The quantitative estimate of drug-likeness (QED) is 0.211. The third-order valence-corrected chi connectivity index (χ3v) is 5.26. The molecule has 0 unspecified atom stereocenters. The van der Waals surface area contributed by atoms with Gasteiger partial charge in [0.2, 0.25) is 5.91 Å². The van der Waals surface area contributed by atoms with E-state index in [4.69, 9.17) is 0 Å². The highest BCUT2D eigenvalue weighted by Crippen LogP contribution is 2.21. The van der Waals surface area contributed by atoms with Gasteiger partial charge in [0.1, 0.15) is 5.82 Å². The summed E-state index contributed by atoms with van der Waals surface area (Å²) in [4.78, 5) is 18.0. The van der Waals surface area contributed by atoms with Crippen LogP contribution in [0.25, 0.3) is 5.65 Å². The molecule has 9 heteroatoms. The van der Waals surface area contributed by atoms with E-state index >= 15 is 0 Å². The largest absolute Gasteiger partial charge is 0.356 e. The van der Waals surface area contributed by atoms with Crippen LogP contribution in [0.5, 0.6) is 0 Å².